The van der Waals surface area contributed by atoms with E-state index in [9.17, 15) is 10.1 Å². The molecule has 2 aromatic heterocycles. The van der Waals surface area contributed by atoms with Crippen molar-refractivity contribution in [3.8, 4) is 5.95 Å². The average Bonchev–Trinajstić information content (AvgIpc) is 2.71. The lowest BCUT2D eigenvalue weighted by Gasteiger charge is -1.89. The van der Waals surface area contributed by atoms with E-state index in [-0.39, 0.29) is 11.2 Å². The second kappa shape index (κ2) is 3.28. The van der Waals surface area contributed by atoms with Crippen LogP contribution in [0.1, 0.15) is 0 Å². The molecule has 0 fully saturated rings. The number of hydrogen-bond acceptors (Lipinski definition) is 6. The van der Waals surface area contributed by atoms with Crippen molar-refractivity contribution in [1.82, 2.24) is 29.5 Å². The Hall–Kier alpha value is -2.03. The van der Waals surface area contributed by atoms with E-state index in [4.69, 9.17) is 11.6 Å². The number of hydrogen-bond donors (Lipinski definition) is 0. The third-order valence-corrected chi connectivity index (χ3v) is 1.73. The fourth-order valence-corrected chi connectivity index (χ4v) is 1.10. The first kappa shape index (κ1) is 9.52. The number of nitrogens with zero attached hydrogens (tertiary/aromatic N) is 7. The first-order chi connectivity index (χ1) is 7.08. The Balaban J connectivity index is 2.49. The molecule has 0 atom stereocenters. The third-order valence-electron chi connectivity index (χ3n) is 1.56. The molecule has 0 saturated carbocycles. The number of rotatable bonds is 2. The van der Waals surface area contributed by atoms with Crippen LogP contribution in [-0.2, 0) is 7.05 Å². The van der Waals surface area contributed by atoms with Crippen LogP contribution in [0.3, 0.4) is 0 Å². The van der Waals surface area contributed by atoms with Crippen LogP contribution in [0.2, 0.25) is 5.28 Å². The Kier molecular flexibility index (Phi) is 2.08. The van der Waals surface area contributed by atoms with Crippen LogP contribution in [0, 0.1) is 10.1 Å². The van der Waals surface area contributed by atoms with Gasteiger partial charge in [-0.05, 0) is 21.5 Å². The zero-order chi connectivity index (χ0) is 11.0. The molecule has 0 spiro atoms. The molecule has 0 aliphatic carbocycles. The van der Waals surface area contributed by atoms with Crippen molar-refractivity contribution in [2.75, 3.05) is 0 Å². The van der Waals surface area contributed by atoms with Crippen molar-refractivity contribution in [2.45, 2.75) is 0 Å². The summed E-state index contributed by atoms with van der Waals surface area (Å²) in [6.07, 6.45) is 1.29. The smallest absolute Gasteiger partial charge is 0.390 e. The van der Waals surface area contributed by atoms with Gasteiger partial charge in [0.15, 0.2) is 0 Å². The summed E-state index contributed by atoms with van der Waals surface area (Å²) in [6.45, 7) is 0. The maximum absolute atomic E-state index is 10.4. The summed E-state index contributed by atoms with van der Waals surface area (Å²) in [6, 6.07) is 0. The van der Waals surface area contributed by atoms with Gasteiger partial charge in [-0.15, -0.1) is 5.10 Å². The van der Waals surface area contributed by atoms with Gasteiger partial charge >= 0.3 is 11.9 Å². The fraction of sp³-hybridized carbons (Fsp3) is 0.200. The molecule has 0 aliphatic heterocycles. The summed E-state index contributed by atoms with van der Waals surface area (Å²) < 4.78 is 2.41. The first-order valence-electron chi connectivity index (χ1n) is 3.71. The van der Waals surface area contributed by atoms with Crippen LogP contribution in [0.5, 0.6) is 0 Å². The van der Waals surface area contributed by atoms with E-state index in [1.54, 1.807) is 0 Å². The minimum Gasteiger partial charge on any atom is -0.390 e. The second-order valence-corrected chi connectivity index (χ2v) is 2.89. The van der Waals surface area contributed by atoms with Crippen LogP contribution in [0.15, 0.2) is 6.33 Å². The van der Waals surface area contributed by atoms with Crippen LogP contribution in [0.4, 0.5) is 5.95 Å². The minimum atomic E-state index is -0.692. The average molecular weight is 230 g/mol. The highest BCUT2D eigenvalue weighted by Crippen LogP contribution is 2.09. The van der Waals surface area contributed by atoms with Crippen molar-refractivity contribution in [2.24, 2.45) is 7.05 Å². The van der Waals surface area contributed by atoms with Crippen LogP contribution < -0.4 is 0 Å². The summed E-state index contributed by atoms with van der Waals surface area (Å²) in [7, 11) is 1.50. The first-order valence-corrected chi connectivity index (χ1v) is 4.08. The zero-order valence-electron chi connectivity index (χ0n) is 7.40. The quantitative estimate of drug-likeness (QED) is 0.528. The Labute approximate surface area is 87.5 Å². The SMILES string of the molecule is Cn1nc([N+](=O)[O-])nc1-n1cnc(Cl)n1. The van der Waals surface area contributed by atoms with Gasteiger partial charge in [-0.25, -0.2) is 4.98 Å². The normalized spacial score (nSPS) is 10.5. The van der Waals surface area contributed by atoms with E-state index >= 15 is 0 Å². The van der Waals surface area contributed by atoms with Crippen LogP contribution in [-0.4, -0.2) is 34.5 Å². The predicted molar refractivity (Wildman–Crippen MR) is 47.6 cm³/mol. The topological polar surface area (TPSA) is 105 Å². The molecule has 15 heavy (non-hydrogen) atoms. The van der Waals surface area contributed by atoms with Gasteiger partial charge < -0.3 is 10.1 Å². The van der Waals surface area contributed by atoms with Crippen molar-refractivity contribution in [3.63, 3.8) is 0 Å². The number of aryl methyl sites for hydroxylation is 1. The van der Waals surface area contributed by atoms with Gasteiger partial charge in [0, 0.05) is 12.1 Å². The lowest BCUT2D eigenvalue weighted by atomic mass is 10.9. The third kappa shape index (κ3) is 1.64. The molecule has 2 heterocycles. The minimum absolute atomic E-state index is 0.0284. The van der Waals surface area contributed by atoms with Gasteiger partial charge in [0.1, 0.15) is 6.33 Å². The van der Waals surface area contributed by atoms with Gasteiger partial charge in [0.2, 0.25) is 5.28 Å². The van der Waals surface area contributed by atoms with Crippen molar-refractivity contribution in [3.05, 3.63) is 21.7 Å². The molecule has 0 unspecified atom stereocenters. The fourth-order valence-electron chi connectivity index (χ4n) is 0.979. The van der Waals surface area contributed by atoms with Crippen molar-refractivity contribution < 1.29 is 4.92 Å². The van der Waals surface area contributed by atoms with E-state index < -0.39 is 10.9 Å². The van der Waals surface area contributed by atoms with Crippen molar-refractivity contribution in [1.29, 1.82) is 0 Å². The maximum atomic E-state index is 10.4. The summed E-state index contributed by atoms with van der Waals surface area (Å²) in [5, 5.41) is 17.7. The summed E-state index contributed by atoms with van der Waals surface area (Å²) in [5.41, 5.74) is 0. The molecule has 0 radical (unpaired) electrons. The molecule has 0 saturated heterocycles. The van der Waals surface area contributed by atoms with E-state index in [1.807, 2.05) is 0 Å². The zero-order valence-corrected chi connectivity index (χ0v) is 8.16. The predicted octanol–water partition coefficient (Wildman–Crippen LogP) is -0.0426. The number of aromatic nitrogens is 6. The highest BCUT2D eigenvalue weighted by molar-refractivity contribution is 6.28. The molecule has 78 valence electrons. The van der Waals surface area contributed by atoms with E-state index in [2.05, 4.69) is 20.2 Å². The van der Waals surface area contributed by atoms with Crippen LogP contribution >= 0.6 is 11.6 Å². The Bertz CT molecular complexity index is 517. The second-order valence-electron chi connectivity index (χ2n) is 2.55. The van der Waals surface area contributed by atoms with Crippen LogP contribution in [0.25, 0.3) is 5.95 Å². The van der Waals surface area contributed by atoms with Gasteiger partial charge in [-0.3, -0.25) is 0 Å². The van der Waals surface area contributed by atoms with E-state index in [1.165, 1.54) is 22.7 Å². The Morgan fingerprint density at radius 3 is 2.73 bits per heavy atom. The molecule has 0 aliphatic rings. The van der Waals surface area contributed by atoms with Gasteiger partial charge in [-0.2, -0.15) is 9.36 Å². The van der Waals surface area contributed by atoms with E-state index in [0.717, 1.165) is 0 Å². The maximum Gasteiger partial charge on any atom is 0.493 e. The van der Waals surface area contributed by atoms with E-state index in [0.29, 0.717) is 0 Å². The van der Waals surface area contributed by atoms with Gasteiger partial charge in [-0.1, -0.05) is 0 Å². The molecular formula is C5H4ClN7O2. The summed E-state index contributed by atoms with van der Waals surface area (Å²) in [4.78, 5) is 17.0. The standard InChI is InChI=1S/C5H4ClN7O2/c1-11-5(8-4(10-11)13(14)15)12-2-7-3(6)9-12/h2H,1H3. The molecular weight excluding hydrogens is 226 g/mol. The number of halogens is 1. The lowest BCUT2D eigenvalue weighted by Crippen LogP contribution is -2.04. The molecule has 2 rings (SSSR count). The molecule has 2 aromatic rings. The Morgan fingerprint density at radius 1 is 1.53 bits per heavy atom. The molecule has 0 N–H and O–H groups in total. The summed E-state index contributed by atoms with van der Waals surface area (Å²) >= 11 is 5.50. The molecule has 9 nitrogen and oxygen atoms in total. The van der Waals surface area contributed by atoms with Gasteiger partial charge in [0.25, 0.3) is 0 Å². The molecule has 10 heteroatoms. The molecule has 0 bridgehead atoms. The monoisotopic (exact) mass is 229 g/mol. The lowest BCUT2D eigenvalue weighted by molar-refractivity contribution is -0.394. The highest BCUT2D eigenvalue weighted by atomic mass is 35.5. The van der Waals surface area contributed by atoms with Gasteiger partial charge in [0.05, 0.1) is 0 Å². The highest BCUT2D eigenvalue weighted by Gasteiger charge is 2.21. The molecule has 0 amide bonds. The Morgan fingerprint density at radius 2 is 2.27 bits per heavy atom. The molecule has 0 aromatic carbocycles. The summed E-state index contributed by atoms with van der Waals surface area (Å²) in [5.74, 6) is -0.333. The number of nitro groups is 1. The largest absolute Gasteiger partial charge is 0.493 e. The van der Waals surface area contributed by atoms with Crippen molar-refractivity contribution >= 4 is 17.5 Å².